The van der Waals surface area contributed by atoms with Crippen molar-refractivity contribution < 1.29 is 23.5 Å². The van der Waals surface area contributed by atoms with E-state index < -0.39 is 5.92 Å². The Bertz CT molecular complexity index is 637. The van der Waals surface area contributed by atoms with Gasteiger partial charge in [-0.15, -0.1) is 0 Å². The summed E-state index contributed by atoms with van der Waals surface area (Å²) in [5.74, 6) is -3.38. The number of hydrogen-bond donors (Lipinski definition) is 3. The van der Waals surface area contributed by atoms with Crippen LogP contribution in [0.15, 0.2) is 36.9 Å². The molecule has 26 heavy (non-hydrogen) atoms. The summed E-state index contributed by atoms with van der Waals surface area (Å²) >= 11 is 0. The number of rotatable bonds is 7. The summed E-state index contributed by atoms with van der Waals surface area (Å²) in [6.45, 7) is 3.24. The highest BCUT2D eigenvalue weighted by Crippen LogP contribution is 2.38. The second-order valence-electron chi connectivity index (χ2n) is 6.56. The number of hydrogen-bond acceptors (Lipinski definition) is 3. The summed E-state index contributed by atoms with van der Waals surface area (Å²) < 4.78 is 26.7. The first-order valence-electron chi connectivity index (χ1n) is 8.67. The zero-order chi connectivity index (χ0) is 19.2. The van der Waals surface area contributed by atoms with Crippen LogP contribution in [0.2, 0.25) is 0 Å². The molecule has 0 spiro atoms. The molecule has 0 bridgehead atoms. The van der Waals surface area contributed by atoms with E-state index in [-0.39, 0.29) is 43.2 Å². The standard InChI is InChI=1S/C19H24F2N2O3/c1-2-17(25)22-15-5-3-14(4-6-15)18(26)23-16(9-12-24)13-7-10-19(20,21)11-8-13/h2-6,13,16,24H,1,7-12H2,(H,22,25)(H,23,26). The number of anilines is 1. The number of nitrogens with one attached hydrogen (secondary N) is 2. The third-order valence-corrected chi connectivity index (χ3v) is 4.69. The Kier molecular flexibility index (Phi) is 6.85. The minimum absolute atomic E-state index is 0.0723. The fourth-order valence-corrected chi connectivity index (χ4v) is 3.18. The Balaban J connectivity index is 1.98. The Morgan fingerprint density at radius 2 is 1.88 bits per heavy atom. The smallest absolute Gasteiger partial charge is 0.251 e. The molecular formula is C19H24F2N2O3. The van der Waals surface area contributed by atoms with E-state index >= 15 is 0 Å². The largest absolute Gasteiger partial charge is 0.396 e. The van der Waals surface area contributed by atoms with E-state index in [1.807, 2.05) is 0 Å². The summed E-state index contributed by atoms with van der Waals surface area (Å²) in [4.78, 5) is 23.7. The molecule has 1 aromatic carbocycles. The Hall–Kier alpha value is -2.28. The third-order valence-electron chi connectivity index (χ3n) is 4.69. The molecule has 0 aliphatic heterocycles. The van der Waals surface area contributed by atoms with Gasteiger partial charge in [0.1, 0.15) is 0 Å². The SMILES string of the molecule is C=CC(=O)Nc1ccc(C(=O)NC(CCO)C2CCC(F)(F)CC2)cc1. The minimum Gasteiger partial charge on any atom is -0.396 e. The van der Waals surface area contributed by atoms with E-state index in [9.17, 15) is 23.5 Å². The topological polar surface area (TPSA) is 78.4 Å². The lowest BCUT2D eigenvalue weighted by Crippen LogP contribution is -2.43. The molecular weight excluding hydrogens is 342 g/mol. The van der Waals surface area contributed by atoms with Gasteiger partial charge in [-0.05, 0) is 55.5 Å². The maximum absolute atomic E-state index is 13.3. The van der Waals surface area contributed by atoms with Crippen LogP contribution in [0.25, 0.3) is 0 Å². The molecule has 0 radical (unpaired) electrons. The Morgan fingerprint density at radius 3 is 2.42 bits per heavy atom. The van der Waals surface area contributed by atoms with Crippen LogP contribution in [-0.2, 0) is 4.79 Å². The lowest BCUT2D eigenvalue weighted by molar-refractivity contribution is -0.111. The van der Waals surface area contributed by atoms with Gasteiger partial charge >= 0.3 is 0 Å². The van der Waals surface area contributed by atoms with E-state index in [1.54, 1.807) is 24.3 Å². The number of alkyl halides is 2. The molecule has 1 unspecified atom stereocenters. The van der Waals surface area contributed by atoms with Crippen molar-refractivity contribution in [2.45, 2.75) is 44.1 Å². The number of aliphatic hydroxyl groups is 1. The molecule has 0 aromatic heterocycles. The van der Waals surface area contributed by atoms with Gasteiger partial charge in [-0.25, -0.2) is 8.78 Å². The molecule has 0 saturated heterocycles. The van der Waals surface area contributed by atoms with Crippen molar-refractivity contribution in [3.05, 3.63) is 42.5 Å². The highest BCUT2D eigenvalue weighted by atomic mass is 19.3. The number of halogens is 2. The molecule has 1 aromatic rings. The fourth-order valence-electron chi connectivity index (χ4n) is 3.18. The second kappa shape index (κ2) is 8.89. The number of carbonyl (C=O) groups excluding carboxylic acids is 2. The van der Waals surface area contributed by atoms with Crippen LogP contribution in [0, 0.1) is 5.92 Å². The molecule has 5 nitrogen and oxygen atoms in total. The van der Waals surface area contributed by atoms with Gasteiger partial charge in [0, 0.05) is 36.7 Å². The quantitative estimate of drug-likeness (QED) is 0.649. The van der Waals surface area contributed by atoms with Crippen LogP contribution in [0.1, 0.15) is 42.5 Å². The molecule has 1 aliphatic carbocycles. The Morgan fingerprint density at radius 1 is 1.27 bits per heavy atom. The summed E-state index contributed by atoms with van der Waals surface area (Å²) in [5.41, 5.74) is 0.929. The summed E-state index contributed by atoms with van der Waals surface area (Å²) in [5, 5.41) is 14.7. The molecule has 2 amide bonds. The van der Waals surface area contributed by atoms with Crippen molar-refractivity contribution >= 4 is 17.5 Å². The Labute approximate surface area is 151 Å². The first-order valence-corrected chi connectivity index (χ1v) is 8.67. The average molecular weight is 366 g/mol. The number of benzene rings is 1. The average Bonchev–Trinajstić information content (AvgIpc) is 2.62. The molecule has 7 heteroatoms. The molecule has 1 fully saturated rings. The molecule has 2 rings (SSSR count). The van der Waals surface area contributed by atoms with E-state index in [4.69, 9.17) is 0 Å². The molecule has 3 N–H and O–H groups in total. The molecule has 0 heterocycles. The van der Waals surface area contributed by atoms with Gasteiger partial charge in [0.2, 0.25) is 11.8 Å². The summed E-state index contributed by atoms with van der Waals surface area (Å²) in [7, 11) is 0. The molecule has 1 atom stereocenters. The molecule has 142 valence electrons. The summed E-state index contributed by atoms with van der Waals surface area (Å²) in [6, 6.07) is 5.98. The van der Waals surface area contributed by atoms with Gasteiger partial charge in [-0.2, -0.15) is 0 Å². The van der Waals surface area contributed by atoms with Crippen molar-refractivity contribution in [2.75, 3.05) is 11.9 Å². The van der Waals surface area contributed by atoms with Crippen LogP contribution in [0.4, 0.5) is 14.5 Å². The normalized spacial score (nSPS) is 18.0. The van der Waals surface area contributed by atoms with Gasteiger partial charge in [0.05, 0.1) is 0 Å². The van der Waals surface area contributed by atoms with Crippen LogP contribution >= 0.6 is 0 Å². The predicted octanol–water partition coefficient (Wildman–Crippen LogP) is 3.12. The van der Waals surface area contributed by atoms with Crippen LogP contribution in [-0.4, -0.2) is 35.5 Å². The lowest BCUT2D eigenvalue weighted by Gasteiger charge is -2.34. The van der Waals surface area contributed by atoms with Crippen molar-refractivity contribution in [2.24, 2.45) is 5.92 Å². The number of carbonyl (C=O) groups is 2. The number of amides is 2. The zero-order valence-electron chi connectivity index (χ0n) is 14.5. The van der Waals surface area contributed by atoms with Crippen LogP contribution in [0.3, 0.4) is 0 Å². The monoisotopic (exact) mass is 366 g/mol. The van der Waals surface area contributed by atoms with E-state index in [0.717, 1.165) is 6.08 Å². The summed E-state index contributed by atoms with van der Waals surface area (Å²) in [6.07, 6.45) is 1.75. The van der Waals surface area contributed by atoms with Gasteiger partial charge in [-0.3, -0.25) is 9.59 Å². The van der Waals surface area contributed by atoms with Crippen molar-refractivity contribution in [1.29, 1.82) is 0 Å². The van der Waals surface area contributed by atoms with E-state index in [1.165, 1.54) is 0 Å². The minimum atomic E-state index is -2.63. The third kappa shape index (κ3) is 5.62. The lowest BCUT2D eigenvalue weighted by atomic mass is 9.81. The van der Waals surface area contributed by atoms with Gasteiger partial charge in [0.15, 0.2) is 0 Å². The van der Waals surface area contributed by atoms with Crippen molar-refractivity contribution in [3.8, 4) is 0 Å². The maximum atomic E-state index is 13.3. The van der Waals surface area contributed by atoms with Crippen molar-refractivity contribution in [3.63, 3.8) is 0 Å². The highest BCUT2D eigenvalue weighted by molar-refractivity contribution is 5.99. The van der Waals surface area contributed by atoms with E-state index in [0.29, 0.717) is 30.5 Å². The molecule has 1 aliphatic rings. The van der Waals surface area contributed by atoms with Gasteiger partial charge in [0.25, 0.3) is 5.91 Å². The fraction of sp³-hybridized carbons (Fsp3) is 0.474. The first-order chi connectivity index (χ1) is 12.3. The first kappa shape index (κ1) is 20.0. The van der Waals surface area contributed by atoms with Crippen LogP contribution < -0.4 is 10.6 Å². The predicted molar refractivity (Wildman–Crippen MR) is 95.1 cm³/mol. The second-order valence-corrected chi connectivity index (χ2v) is 6.56. The van der Waals surface area contributed by atoms with Crippen LogP contribution in [0.5, 0.6) is 0 Å². The van der Waals surface area contributed by atoms with Gasteiger partial charge < -0.3 is 15.7 Å². The molecule has 1 saturated carbocycles. The van der Waals surface area contributed by atoms with E-state index in [2.05, 4.69) is 17.2 Å². The highest BCUT2D eigenvalue weighted by Gasteiger charge is 2.37. The van der Waals surface area contributed by atoms with Crippen molar-refractivity contribution in [1.82, 2.24) is 5.32 Å². The number of aliphatic hydroxyl groups excluding tert-OH is 1. The van der Waals surface area contributed by atoms with Gasteiger partial charge in [-0.1, -0.05) is 6.58 Å². The zero-order valence-corrected chi connectivity index (χ0v) is 14.5. The maximum Gasteiger partial charge on any atom is 0.251 e.